The molecule has 0 bridgehead atoms. The Labute approximate surface area is 203 Å². The number of aromatic nitrogens is 5. The van der Waals surface area contributed by atoms with Gasteiger partial charge < -0.3 is 9.84 Å². The van der Waals surface area contributed by atoms with E-state index in [4.69, 9.17) is 4.74 Å². The van der Waals surface area contributed by atoms with Crippen molar-refractivity contribution in [3.05, 3.63) is 83.4 Å². The molecule has 4 aromatic rings. The highest BCUT2D eigenvalue weighted by Crippen LogP contribution is 2.31. The lowest BCUT2D eigenvalue weighted by Gasteiger charge is -2.15. The third kappa shape index (κ3) is 4.88. The van der Waals surface area contributed by atoms with Gasteiger partial charge in [-0.25, -0.2) is 14.2 Å². The van der Waals surface area contributed by atoms with E-state index in [1.54, 1.807) is 40.8 Å². The molecule has 0 aliphatic heterocycles. The summed E-state index contributed by atoms with van der Waals surface area (Å²) in [5.74, 6) is 1.21. The van der Waals surface area contributed by atoms with Crippen molar-refractivity contribution in [1.82, 2.24) is 24.4 Å². The lowest BCUT2D eigenvalue weighted by molar-refractivity contribution is 0.199. The van der Waals surface area contributed by atoms with Gasteiger partial charge in [0.15, 0.2) is 17.1 Å². The molecule has 0 aliphatic rings. The molecule has 35 heavy (non-hydrogen) atoms. The quantitative estimate of drug-likeness (QED) is 0.239. The molecule has 0 aliphatic carbocycles. The molecule has 1 aromatic carbocycles. The highest BCUT2D eigenvalue weighted by Gasteiger charge is 2.17. The van der Waals surface area contributed by atoms with Crippen LogP contribution in [0.4, 0.5) is 0 Å². The highest BCUT2D eigenvalue weighted by atomic mass is 16.5. The van der Waals surface area contributed by atoms with Crippen molar-refractivity contribution in [3.63, 3.8) is 0 Å². The molecular weight excluding hydrogens is 442 g/mol. The molecule has 0 spiro atoms. The second-order valence-electron chi connectivity index (χ2n) is 8.11. The van der Waals surface area contributed by atoms with E-state index in [0.29, 0.717) is 34.1 Å². The third-order valence-corrected chi connectivity index (χ3v) is 5.44. The molecule has 9 heteroatoms. The summed E-state index contributed by atoms with van der Waals surface area (Å²) in [6.45, 7) is 10.7. The number of rotatable bonds is 7. The van der Waals surface area contributed by atoms with Gasteiger partial charge in [-0.15, -0.1) is 0 Å². The second-order valence-corrected chi connectivity index (χ2v) is 8.11. The Morgan fingerprint density at radius 1 is 1.26 bits per heavy atom. The molecule has 0 saturated carbocycles. The Balaban J connectivity index is 1.72. The summed E-state index contributed by atoms with van der Waals surface area (Å²) in [5.41, 5.74) is 5.58. The molecule has 0 amide bonds. The summed E-state index contributed by atoms with van der Waals surface area (Å²) in [4.78, 5) is 8.41. The molecule has 0 saturated heterocycles. The average Bonchev–Trinajstić information content (AvgIpc) is 3.44. The Morgan fingerprint density at radius 3 is 2.74 bits per heavy atom. The summed E-state index contributed by atoms with van der Waals surface area (Å²) in [6.07, 6.45) is 8.04. The summed E-state index contributed by atoms with van der Waals surface area (Å²) in [7, 11) is 0. The van der Waals surface area contributed by atoms with E-state index >= 15 is 0 Å². The van der Waals surface area contributed by atoms with Crippen LogP contribution in [0.15, 0.2) is 71.5 Å². The van der Waals surface area contributed by atoms with Gasteiger partial charge in [0.25, 0.3) is 0 Å². The van der Waals surface area contributed by atoms with Crippen LogP contribution in [0.2, 0.25) is 0 Å². The predicted molar refractivity (Wildman–Crippen MR) is 133 cm³/mol. The van der Waals surface area contributed by atoms with Gasteiger partial charge in [0.05, 0.1) is 30.4 Å². The Hall–Kier alpha value is -4.55. The maximum atomic E-state index is 10.3. The normalized spacial score (nSPS) is 13.0. The van der Waals surface area contributed by atoms with Gasteiger partial charge in [-0.2, -0.15) is 15.5 Å². The van der Waals surface area contributed by atoms with Gasteiger partial charge >= 0.3 is 0 Å². The molecule has 4 rings (SSSR count). The largest absolute Gasteiger partial charge is 0.459 e. The number of ether oxygens (including phenoxy) is 1. The minimum absolute atomic E-state index is 0.311. The van der Waals surface area contributed by atoms with Gasteiger partial charge in [0.1, 0.15) is 11.8 Å². The molecule has 176 valence electrons. The van der Waals surface area contributed by atoms with Crippen molar-refractivity contribution in [1.29, 1.82) is 5.26 Å². The molecule has 3 heterocycles. The summed E-state index contributed by atoms with van der Waals surface area (Å²) < 4.78 is 9.16. The Morgan fingerprint density at radius 2 is 2.06 bits per heavy atom. The van der Waals surface area contributed by atoms with Gasteiger partial charge in [-0.05, 0) is 64.3 Å². The Bertz CT molecular complexity index is 1520. The number of hydrogen-bond acceptors (Lipinski definition) is 7. The first kappa shape index (κ1) is 23.6. The van der Waals surface area contributed by atoms with Crippen LogP contribution in [0.25, 0.3) is 22.5 Å². The van der Waals surface area contributed by atoms with Crippen molar-refractivity contribution in [2.75, 3.05) is 0 Å². The standard InChI is InChI=1S/C26H25N7O2/c1-16(28-5)6-7-18(3)35-22-13-29-26-24(14-30-32(26)15-22)20-8-9-23(19(4)34)25(11-20)33-17(2)10-21(12-27)31-33/h6-11,13-15,19,34H,5H2,1-4H3/b16-6-,18-7+. The van der Waals surface area contributed by atoms with E-state index in [1.165, 1.54) is 0 Å². The SMILES string of the molecule is C=N/C(C)=C\C=C(/C)Oc1cnc2c(-c3ccc(C(C)O)c(-n4nc(C#N)cc4C)c3)cnn2c1. The number of aliphatic hydroxyl groups excluding tert-OH is 1. The molecule has 1 atom stereocenters. The topological polar surface area (TPSA) is 114 Å². The van der Waals surface area contributed by atoms with Crippen LogP contribution in [-0.4, -0.2) is 36.2 Å². The predicted octanol–water partition coefficient (Wildman–Crippen LogP) is 4.70. The number of aryl methyl sites for hydroxylation is 1. The van der Waals surface area contributed by atoms with Crippen LogP contribution in [0.3, 0.4) is 0 Å². The average molecular weight is 468 g/mol. The zero-order valence-electron chi connectivity index (χ0n) is 20.0. The maximum Gasteiger partial charge on any atom is 0.163 e. The van der Waals surface area contributed by atoms with E-state index in [2.05, 4.69) is 33.0 Å². The van der Waals surface area contributed by atoms with Crippen molar-refractivity contribution in [2.45, 2.75) is 33.8 Å². The highest BCUT2D eigenvalue weighted by molar-refractivity contribution is 5.78. The number of nitriles is 1. The molecule has 1 unspecified atom stereocenters. The number of fused-ring (bicyclic) bond motifs is 1. The smallest absolute Gasteiger partial charge is 0.163 e. The molecular formula is C26H25N7O2. The molecule has 3 aromatic heterocycles. The number of nitrogens with zero attached hydrogens (tertiary/aromatic N) is 7. The molecule has 0 fully saturated rings. The van der Waals surface area contributed by atoms with Crippen LogP contribution in [0.5, 0.6) is 5.75 Å². The molecule has 0 radical (unpaired) electrons. The third-order valence-electron chi connectivity index (χ3n) is 5.44. The zero-order chi connectivity index (χ0) is 25.1. The number of allylic oxidation sites excluding steroid dienone is 4. The summed E-state index contributed by atoms with van der Waals surface area (Å²) >= 11 is 0. The van der Waals surface area contributed by atoms with Crippen LogP contribution in [0.1, 0.15) is 43.8 Å². The van der Waals surface area contributed by atoms with E-state index in [-0.39, 0.29) is 0 Å². The summed E-state index contributed by atoms with van der Waals surface area (Å²) in [5, 5.41) is 28.4. The van der Waals surface area contributed by atoms with Crippen LogP contribution in [-0.2, 0) is 0 Å². The van der Waals surface area contributed by atoms with Crippen molar-refractivity contribution < 1.29 is 9.84 Å². The molecule has 9 nitrogen and oxygen atoms in total. The number of aliphatic imine (C=N–C) groups is 1. The van der Waals surface area contributed by atoms with Crippen LogP contribution in [0, 0.1) is 18.3 Å². The van der Waals surface area contributed by atoms with Crippen molar-refractivity contribution in [3.8, 4) is 28.6 Å². The first-order valence-corrected chi connectivity index (χ1v) is 10.9. The first-order valence-electron chi connectivity index (χ1n) is 10.9. The fraction of sp³-hybridized carbons (Fsp3) is 0.192. The minimum atomic E-state index is -0.716. The van der Waals surface area contributed by atoms with E-state index in [9.17, 15) is 10.4 Å². The fourth-order valence-corrected chi connectivity index (χ4v) is 3.65. The lowest BCUT2D eigenvalue weighted by Crippen LogP contribution is -2.06. The lowest BCUT2D eigenvalue weighted by atomic mass is 10.0. The molecule has 1 N–H and O–H groups in total. The second kappa shape index (κ2) is 9.75. The van der Waals surface area contributed by atoms with Crippen LogP contribution >= 0.6 is 0 Å². The van der Waals surface area contributed by atoms with Gasteiger partial charge in [-0.1, -0.05) is 12.1 Å². The van der Waals surface area contributed by atoms with Crippen LogP contribution < -0.4 is 4.74 Å². The van der Waals surface area contributed by atoms with E-state index in [0.717, 1.165) is 22.5 Å². The first-order chi connectivity index (χ1) is 16.8. The van der Waals surface area contributed by atoms with Crippen molar-refractivity contribution >= 4 is 12.4 Å². The zero-order valence-corrected chi connectivity index (χ0v) is 20.0. The van der Waals surface area contributed by atoms with Crippen molar-refractivity contribution in [2.24, 2.45) is 4.99 Å². The fourth-order valence-electron chi connectivity index (χ4n) is 3.65. The number of aliphatic hydroxyl groups is 1. The number of hydrogen-bond donors (Lipinski definition) is 1. The monoisotopic (exact) mass is 467 g/mol. The summed E-state index contributed by atoms with van der Waals surface area (Å²) in [6, 6.07) is 9.45. The minimum Gasteiger partial charge on any atom is -0.459 e. The van der Waals surface area contributed by atoms with Gasteiger partial charge in [-0.3, -0.25) is 4.99 Å². The Kier molecular flexibility index (Phi) is 6.57. The van der Waals surface area contributed by atoms with Gasteiger partial charge in [0, 0.05) is 22.5 Å². The van der Waals surface area contributed by atoms with E-state index < -0.39 is 6.10 Å². The maximum absolute atomic E-state index is 10.3. The van der Waals surface area contributed by atoms with Gasteiger partial charge in [0.2, 0.25) is 0 Å². The number of benzene rings is 1. The van der Waals surface area contributed by atoms with E-state index in [1.807, 2.05) is 51.1 Å².